The van der Waals surface area contributed by atoms with Crippen molar-refractivity contribution in [3.8, 4) is 0 Å². The Morgan fingerprint density at radius 1 is 1.08 bits per heavy atom. The lowest BCUT2D eigenvalue weighted by Gasteiger charge is -2.47. The molecule has 0 spiro atoms. The van der Waals surface area contributed by atoms with Crippen LogP contribution in [0.2, 0.25) is 0 Å². The Labute approximate surface area is 150 Å². The summed E-state index contributed by atoms with van der Waals surface area (Å²) in [5, 5.41) is 55.3. The fourth-order valence-electron chi connectivity index (χ4n) is 3.19. The lowest BCUT2D eigenvalue weighted by atomic mass is 9.95. The molecule has 7 N–H and O–H groups in total. The molecule has 11 heteroatoms. The summed E-state index contributed by atoms with van der Waals surface area (Å²) in [5.41, 5.74) is 0. The Balaban J connectivity index is 2.18. The van der Waals surface area contributed by atoms with Crippen molar-refractivity contribution in [3.05, 3.63) is 0 Å². The Morgan fingerprint density at radius 2 is 1.73 bits per heavy atom. The number of ether oxygens (including phenoxy) is 3. The van der Waals surface area contributed by atoms with Crippen molar-refractivity contribution in [1.82, 2.24) is 10.6 Å². The van der Waals surface area contributed by atoms with E-state index in [-0.39, 0.29) is 0 Å². The van der Waals surface area contributed by atoms with Gasteiger partial charge >= 0.3 is 0 Å². The van der Waals surface area contributed by atoms with Crippen molar-refractivity contribution in [2.75, 3.05) is 13.7 Å². The van der Waals surface area contributed by atoms with Gasteiger partial charge in [0.1, 0.15) is 42.9 Å². The second kappa shape index (κ2) is 8.87. The van der Waals surface area contributed by atoms with E-state index in [9.17, 15) is 30.3 Å². The summed E-state index contributed by atoms with van der Waals surface area (Å²) in [4.78, 5) is 11.4. The van der Waals surface area contributed by atoms with Gasteiger partial charge in [-0.05, 0) is 14.0 Å². The first-order valence-corrected chi connectivity index (χ1v) is 8.45. The number of carbonyl (C=O) groups excluding carboxylic acids is 1. The van der Waals surface area contributed by atoms with E-state index in [2.05, 4.69) is 10.6 Å². The average Bonchev–Trinajstić information content (AvgIpc) is 2.60. The van der Waals surface area contributed by atoms with Crippen molar-refractivity contribution in [3.63, 3.8) is 0 Å². The summed E-state index contributed by atoms with van der Waals surface area (Å²) in [6.45, 7) is 2.27. The van der Waals surface area contributed by atoms with Gasteiger partial charge in [-0.25, -0.2) is 0 Å². The molecule has 26 heavy (non-hydrogen) atoms. The highest BCUT2D eigenvalue weighted by atomic mass is 16.7. The maximum absolute atomic E-state index is 11.4. The summed E-state index contributed by atoms with van der Waals surface area (Å²) in [6, 6.07) is -0.890. The van der Waals surface area contributed by atoms with Crippen LogP contribution in [-0.2, 0) is 19.0 Å². The van der Waals surface area contributed by atoms with E-state index < -0.39 is 73.8 Å². The van der Waals surface area contributed by atoms with Gasteiger partial charge in [0.25, 0.3) is 0 Å². The zero-order valence-corrected chi connectivity index (χ0v) is 14.8. The molecule has 152 valence electrons. The standard InChI is InChI=1S/C15H28N2O9/c1-5-9(20)11(22)12(23)15(24-5)26-13-7(4-18)25-14(16-3)8(10(13)21)17-6(2)19/h5,7-16,18,20-23H,4H2,1-3H3,(H,17,19)/t5?,7?,8?,9-,10?,11?,12?,13+,14+,15-/m0/s1. The van der Waals surface area contributed by atoms with Gasteiger partial charge in [0.15, 0.2) is 6.29 Å². The van der Waals surface area contributed by atoms with Crippen molar-refractivity contribution in [2.24, 2.45) is 0 Å². The van der Waals surface area contributed by atoms with Crippen molar-refractivity contribution in [2.45, 2.75) is 75.1 Å². The van der Waals surface area contributed by atoms with Crippen LogP contribution in [0.5, 0.6) is 0 Å². The third-order valence-corrected chi connectivity index (χ3v) is 4.65. The molecule has 2 fully saturated rings. The molecule has 2 aliphatic rings. The van der Waals surface area contributed by atoms with Crippen molar-refractivity contribution >= 4 is 5.91 Å². The van der Waals surface area contributed by atoms with Gasteiger partial charge in [-0.15, -0.1) is 0 Å². The van der Waals surface area contributed by atoms with E-state index in [1.807, 2.05) is 0 Å². The normalized spacial score (nSPS) is 46.8. The first kappa shape index (κ1) is 21.4. The highest BCUT2D eigenvalue weighted by molar-refractivity contribution is 5.73. The number of likely N-dealkylation sites (N-methyl/N-ethyl adjacent to an activating group) is 1. The molecule has 11 nitrogen and oxygen atoms in total. The Kier molecular flexibility index (Phi) is 7.30. The first-order valence-electron chi connectivity index (χ1n) is 8.45. The fraction of sp³-hybridized carbons (Fsp3) is 0.933. The third-order valence-electron chi connectivity index (χ3n) is 4.65. The van der Waals surface area contributed by atoms with Gasteiger partial charge in [0.05, 0.1) is 18.8 Å². The number of aliphatic hydroxyl groups is 5. The minimum absolute atomic E-state index is 0.403. The number of hydrogen-bond donors (Lipinski definition) is 7. The molecule has 2 rings (SSSR count). The molecule has 0 aromatic rings. The van der Waals surface area contributed by atoms with E-state index in [4.69, 9.17) is 14.2 Å². The van der Waals surface area contributed by atoms with Crippen LogP contribution >= 0.6 is 0 Å². The predicted molar refractivity (Wildman–Crippen MR) is 85.6 cm³/mol. The van der Waals surface area contributed by atoms with E-state index in [1.165, 1.54) is 13.8 Å². The number of hydrogen-bond acceptors (Lipinski definition) is 10. The summed E-state index contributed by atoms with van der Waals surface area (Å²) in [6.07, 6.45) is -10.8. The van der Waals surface area contributed by atoms with Crippen molar-refractivity contribution < 1.29 is 44.5 Å². The smallest absolute Gasteiger partial charge is 0.217 e. The van der Waals surface area contributed by atoms with Crippen LogP contribution < -0.4 is 10.6 Å². The number of aliphatic hydroxyl groups excluding tert-OH is 5. The van der Waals surface area contributed by atoms with E-state index in [1.54, 1.807) is 7.05 Å². The largest absolute Gasteiger partial charge is 0.394 e. The molecule has 2 heterocycles. The summed E-state index contributed by atoms with van der Waals surface area (Å²) < 4.78 is 16.6. The zero-order valence-electron chi connectivity index (χ0n) is 14.8. The van der Waals surface area contributed by atoms with Gasteiger partial charge in [-0.1, -0.05) is 0 Å². The second-order valence-corrected chi connectivity index (χ2v) is 6.57. The van der Waals surface area contributed by atoms with Gasteiger partial charge in [-0.2, -0.15) is 0 Å². The number of amides is 1. The van der Waals surface area contributed by atoms with Gasteiger partial charge < -0.3 is 45.1 Å². The number of nitrogens with one attached hydrogen (secondary N) is 2. The predicted octanol–water partition coefficient (Wildman–Crippen LogP) is -4.00. The quantitative estimate of drug-likeness (QED) is 0.249. The third kappa shape index (κ3) is 4.32. The molecule has 2 aliphatic heterocycles. The molecular weight excluding hydrogens is 352 g/mol. The molecular formula is C15H28N2O9. The lowest BCUT2D eigenvalue weighted by Crippen LogP contribution is -2.69. The van der Waals surface area contributed by atoms with Crippen molar-refractivity contribution in [1.29, 1.82) is 0 Å². The maximum atomic E-state index is 11.4. The van der Waals surface area contributed by atoms with Crippen LogP contribution in [0.4, 0.5) is 0 Å². The van der Waals surface area contributed by atoms with Crippen LogP contribution in [0.3, 0.4) is 0 Å². The van der Waals surface area contributed by atoms with E-state index >= 15 is 0 Å². The van der Waals surface area contributed by atoms with Crippen LogP contribution in [0.1, 0.15) is 13.8 Å². The van der Waals surface area contributed by atoms with Crippen LogP contribution in [0.15, 0.2) is 0 Å². The average molecular weight is 380 g/mol. The molecule has 0 saturated carbocycles. The molecule has 0 radical (unpaired) electrons. The molecule has 10 atom stereocenters. The summed E-state index contributed by atoms with van der Waals surface area (Å²) >= 11 is 0. The Morgan fingerprint density at radius 3 is 2.27 bits per heavy atom. The molecule has 0 aromatic carbocycles. The number of rotatable bonds is 5. The second-order valence-electron chi connectivity index (χ2n) is 6.57. The molecule has 0 aliphatic carbocycles. The molecule has 0 bridgehead atoms. The zero-order chi connectivity index (χ0) is 19.6. The topological polar surface area (TPSA) is 170 Å². The summed E-state index contributed by atoms with van der Waals surface area (Å²) in [5.74, 6) is -0.403. The molecule has 2 saturated heterocycles. The Hall–Kier alpha value is -0.890. The highest BCUT2D eigenvalue weighted by Crippen LogP contribution is 2.28. The molecule has 1 amide bonds. The van der Waals surface area contributed by atoms with Gasteiger partial charge in [0.2, 0.25) is 5.91 Å². The SMILES string of the molecule is CN[C@@H]1OC(CO)[C@@H](O[C@@H]2OC(C)[C@H](O)C(O)C2O)C(O)C1NC(C)=O. The fourth-order valence-corrected chi connectivity index (χ4v) is 3.19. The van der Waals surface area contributed by atoms with Gasteiger partial charge in [0, 0.05) is 6.92 Å². The molecule has 6 unspecified atom stereocenters. The maximum Gasteiger partial charge on any atom is 0.217 e. The lowest BCUT2D eigenvalue weighted by molar-refractivity contribution is -0.332. The minimum atomic E-state index is -1.58. The monoisotopic (exact) mass is 380 g/mol. The minimum Gasteiger partial charge on any atom is -0.394 e. The van der Waals surface area contributed by atoms with Crippen LogP contribution in [0.25, 0.3) is 0 Å². The van der Waals surface area contributed by atoms with Crippen LogP contribution in [0, 0.1) is 0 Å². The number of carbonyl (C=O) groups is 1. The van der Waals surface area contributed by atoms with E-state index in [0.717, 1.165) is 0 Å². The summed E-state index contributed by atoms with van der Waals surface area (Å²) in [7, 11) is 1.56. The van der Waals surface area contributed by atoms with Crippen LogP contribution in [-0.4, -0.2) is 106 Å². The van der Waals surface area contributed by atoms with E-state index in [0.29, 0.717) is 0 Å². The Bertz CT molecular complexity index is 482. The highest BCUT2D eigenvalue weighted by Gasteiger charge is 2.50. The van der Waals surface area contributed by atoms with Gasteiger partial charge in [-0.3, -0.25) is 10.1 Å². The first-order chi connectivity index (χ1) is 12.2. The molecule has 0 aromatic heterocycles.